The second-order valence-electron chi connectivity index (χ2n) is 15.3. The summed E-state index contributed by atoms with van der Waals surface area (Å²) >= 11 is 1.34. The molecule has 0 radical (unpaired) electrons. The molecule has 0 aliphatic heterocycles. The van der Waals surface area contributed by atoms with Gasteiger partial charge in [-0.3, -0.25) is 6.08 Å². The first-order valence-corrected chi connectivity index (χ1v) is 17.5. The fraction of sp³-hybridized carbons (Fsp3) is 0.349. The molecule has 0 fully saturated rings. The molecule has 7 rings (SSSR count). The average Bonchev–Trinajstić information content (AvgIpc) is 3.62. The van der Waals surface area contributed by atoms with E-state index in [0.29, 0.717) is 11.3 Å². The molecule has 4 heteroatoms. The minimum Gasteiger partial charge on any atom is -1.00 e. The molecule has 0 amide bonds. The van der Waals surface area contributed by atoms with Crippen LogP contribution in [0.2, 0.25) is 0 Å². The van der Waals surface area contributed by atoms with Gasteiger partial charge in [-0.1, -0.05) is 109 Å². The topological polar surface area (TPSA) is 0 Å². The van der Waals surface area contributed by atoms with Crippen LogP contribution in [0.15, 0.2) is 84.0 Å². The monoisotopic (exact) mass is 742 g/mol. The van der Waals surface area contributed by atoms with E-state index >= 15 is 0 Å². The summed E-state index contributed by atoms with van der Waals surface area (Å²) in [5.74, 6) is 0.348. The van der Waals surface area contributed by atoms with Crippen molar-refractivity contribution in [3.05, 3.63) is 124 Å². The van der Waals surface area contributed by atoms with Crippen LogP contribution in [0.3, 0.4) is 0 Å². The molecule has 0 aromatic heterocycles. The van der Waals surface area contributed by atoms with Crippen molar-refractivity contribution in [3.8, 4) is 0 Å². The summed E-state index contributed by atoms with van der Waals surface area (Å²) in [7, 11) is 0. The van der Waals surface area contributed by atoms with Gasteiger partial charge < -0.3 is 24.8 Å². The van der Waals surface area contributed by atoms with E-state index < -0.39 is 0 Å². The van der Waals surface area contributed by atoms with Gasteiger partial charge in [0, 0.05) is 10.8 Å². The molecule has 3 aliphatic carbocycles. The normalized spacial score (nSPS) is 18.2. The molecule has 0 heterocycles. The van der Waals surface area contributed by atoms with Crippen molar-refractivity contribution in [2.45, 2.75) is 87.0 Å². The Balaban J connectivity index is 0.000000228. The Morgan fingerprint density at radius 2 is 1.23 bits per heavy atom. The molecular weight excluding hydrogens is 698 g/mol. The van der Waals surface area contributed by atoms with Crippen molar-refractivity contribution in [1.82, 2.24) is 0 Å². The number of benzene rings is 3. The van der Waals surface area contributed by atoms with E-state index in [0.717, 1.165) is 5.56 Å². The van der Waals surface area contributed by atoms with Crippen LogP contribution in [0.4, 0.5) is 4.39 Å². The minimum absolute atomic E-state index is 0. The quantitative estimate of drug-likeness (QED) is 0.211. The van der Waals surface area contributed by atoms with Gasteiger partial charge in [-0.2, -0.15) is 11.6 Å². The van der Waals surface area contributed by atoms with Crippen LogP contribution >= 0.6 is 0 Å². The zero-order chi connectivity index (χ0) is 33.1. The van der Waals surface area contributed by atoms with Crippen molar-refractivity contribution in [2.24, 2.45) is 11.3 Å². The molecule has 0 saturated carbocycles. The van der Waals surface area contributed by atoms with Crippen LogP contribution in [-0.4, -0.2) is 3.71 Å². The predicted molar refractivity (Wildman–Crippen MR) is 191 cm³/mol. The van der Waals surface area contributed by atoms with Gasteiger partial charge in [0.25, 0.3) is 0 Å². The van der Waals surface area contributed by atoms with Gasteiger partial charge in [0.15, 0.2) is 0 Å². The zero-order valence-corrected chi connectivity index (χ0v) is 33.7. The maximum atomic E-state index is 12.2. The van der Waals surface area contributed by atoms with E-state index in [-0.39, 0.29) is 41.5 Å². The molecule has 246 valence electrons. The van der Waals surface area contributed by atoms with E-state index in [4.69, 9.17) is 0 Å². The summed E-state index contributed by atoms with van der Waals surface area (Å²) in [5, 5.41) is 5.57. The van der Waals surface area contributed by atoms with Crippen molar-refractivity contribution in [3.63, 3.8) is 0 Å². The van der Waals surface area contributed by atoms with Gasteiger partial charge in [0.05, 0.1) is 0 Å². The largest absolute Gasteiger partial charge is 1.00 e. The van der Waals surface area contributed by atoms with Crippen LogP contribution in [-0.2, 0) is 35.1 Å². The SMILES string of the molecule is CC1=CC(C)(C)c2cc3[cH-]c4cc5c(cc4c3cc21)C(C)=CC5(C)C.CC1=[C-]C(C)C=C1C(C)(C)C.Fc1ccc([CH]=[Zr+2])cc1.[Cl-].[Cl-]. The predicted octanol–water partition coefficient (Wildman–Crippen LogP) is 5.99. The number of halogens is 3. The van der Waals surface area contributed by atoms with Crippen LogP contribution in [0, 0.1) is 23.2 Å². The summed E-state index contributed by atoms with van der Waals surface area (Å²) in [5.41, 5.74) is 13.1. The Morgan fingerprint density at radius 1 is 0.787 bits per heavy atom. The third-order valence-electron chi connectivity index (χ3n) is 9.48. The van der Waals surface area contributed by atoms with Gasteiger partial charge in [-0.15, -0.1) is 39.7 Å². The Labute approximate surface area is 309 Å². The van der Waals surface area contributed by atoms with Crippen molar-refractivity contribution in [2.75, 3.05) is 0 Å². The van der Waals surface area contributed by atoms with Gasteiger partial charge in [-0.05, 0) is 36.1 Å². The summed E-state index contributed by atoms with van der Waals surface area (Å²) in [6, 6.07) is 18.6. The molecule has 1 atom stereocenters. The number of fused-ring (bicyclic) bond motifs is 5. The summed E-state index contributed by atoms with van der Waals surface area (Å²) in [6.07, 6.45) is 10.5. The second-order valence-corrected chi connectivity index (χ2v) is 16.0. The molecule has 0 saturated heterocycles. The van der Waals surface area contributed by atoms with Gasteiger partial charge in [0.2, 0.25) is 0 Å². The van der Waals surface area contributed by atoms with Crippen molar-refractivity contribution >= 4 is 36.4 Å². The molecule has 4 aromatic carbocycles. The van der Waals surface area contributed by atoms with Crippen molar-refractivity contribution < 1.29 is 53.4 Å². The molecular formula is C43H47Cl2FZr-2. The Kier molecular flexibility index (Phi) is 11.9. The minimum atomic E-state index is -0.170. The first kappa shape index (κ1) is 39.2. The van der Waals surface area contributed by atoms with Crippen LogP contribution in [0.25, 0.3) is 32.7 Å². The van der Waals surface area contributed by atoms with E-state index in [2.05, 4.69) is 131 Å². The first-order chi connectivity index (χ1) is 20.9. The Hall–Kier alpha value is -2.25. The van der Waals surface area contributed by atoms with Crippen molar-refractivity contribution in [1.29, 1.82) is 0 Å². The number of hydrogen-bond acceptors (Lipinski definition) is 0. The third kappa shape index (κ3) is 7.98. The number of allylic oxidation sites excluding steroid dienone is 8. The maximum Gasteiger partial charge on any atom is -1.00 e. The number of rotatable bonds is 1. The maximum absolute atomic E-state index is 12.2. The van der Waals surface area contributed by atoms with E-state index in [9.17, 15) is 4.39 Å². The average molecular weight is 745 g/mol. The molecule has 47 heavy (non-hydrogen) atoms. The van der Waals surface area contributed by atoms with Gasteiger partial charge in [-0.25, -0.2) is 5.57 Å². The fourth-order valence-corrected chi connectivity index (χ4v) is 7.90. The Morgan fingerprint density at radius 3 is 1.57 bits per heavy atom. The van der Waals surface area contributed by atoms with Crippen LogP contribution < -0.4 is 24.8 Å². The summed E-state index contributed by atoms with van der Waals surface area (Å²) in [4.78, 5) is 0. The Bertz CT molecular complexity index is 1850. The zero-order valence-electron chi connectivity index (χ0n) is 29.7. The molecule has 0 N–H and O–H groups in total. The summed E-state index contributed by atoms with van der Waals surface area (Å²) < 4.78 is 14.2. The molecule has 0 spiro atoms. The number of hydrogen-bond donors (Lipinski definition) is 0. The van der Waals surface area contributed by atoms with E-state index in [1.54, 1.807) is 12.1 Å². The van der Waals surface area contributed by atoms with Crippen LogP contribution in [0.1, 0.15) is 104 Å². The van der Waals surface area contributed by atoms with Gasteiger partial charge in [0.1, 0.15) is 0 Å². The third-order valence-corrected chi connectivity index (χ3v) is 10.3. The molecule has 4 aromatic rings. The summed E-state index contributed by atoms with van der Waals surface area (Å²) in [6.45, 7) is 24.9. The standard InChI is InChI=1S/C25H25.C11H17.C7H5F.2ClH.Zr/c1-14-12-24(3,4)22-8-16-7-17-9-23-19(15(2)13-25(23,5)6)11-21(17)20(16)10-18(14)22;1-8-6-9(2)10(7-8)11(3,4)5;1-6-2-4-7(8)5-3-6;;;/h7-13H,1-6H3;7-8H,1-5H3;1-5H;2*1H;/q2*-1;;;;+2/p-2. The smallest absolute Gasteiger partial charge is 1.00 e. The molecule has 0 bridgehead atoms. The molecule has 3 aliphatic rings. The van der Waals surface area contributed by atoms with E-state index in [1.807, 2.05) is 3.71 Å². The molecule has 0 nitrogen and oxygen atoms in total. The molecule has 1 unspecified atom stereocenters. The first-order valence-electron chi connectivity index (χ1n) is 16.1. The van der Waals surface area contributed by atoms with Gasteiger partial charge >= 0.3 is 68.0 Å². The van der Waals surface area contributed by atoms with E-state index in [1.165, 1.54) is 102 Å². The fourth-order valence-electron chi connectivity index (χ4n) is 7.43. The van der Waals surface area contributed by atoms with Crippen LogP contribution in [0.5, 0.6) is 0 Å². The second kappa shape index (κ2) is 14.3.